The van der Waals surface area contributed by atoms with E-state index in [-0.39, 0.29) is 6.04 Å². The Morgan fingerprint density at radius 2 is 2.24 bits per heavy atom. The van der Waals surface area contributed by atoms with Crippen LogP contribution in [-0.2, 0) is 0 Å². The minimum Gasteiger partial charge on any atom is -0.490 e. The van der Waals surface area contributed by atoms with E-state index in [2.05, 4.69) is 38.5 Å². The molecule has 1 saturated heterocycles. The molecule has 7 heteroatoms. The van der Waals surface area contributed by atoms with E-state index < -0.39 is 0 Å². The average molecular weight is 393 g/mol. The van der Waals surface area contributed by atoms with E-state index in [1.54, 1.807) is 12.4 Å². The van der Waals surface area contributed by atoms with Crippen molar-refractivity contribution < 1.29 is 4.74 Å². The zero-order valence-electron chi connectivity index (χ0n) is 16.8. The second-order valence-electron chi connectivity index (χ2n) is 6.86. The number of nitriles is 1. The van der Waals surface area contributed by atoms with Gasteiger partial charge in [-0.3, -0.25) is 4.98 Å². The zero-order valence-corrected chi connectivity index (χ0v) is 16.8. The third kappa shape index (κ3) is 6.11. The van der Waals surface area contributed by atoms with E-state index in [0.29, 0.717) is 13.2 Å². The van der Waals surface area contributed by atoms with Gasteiger partial charge in [0.2, 0.25) is 0 Å². The Labute approximate surface area is 172 Å². The zero-order chi connectivity index (χ0) is 20.3. The summed E-state index contributed by atoms with van der Waals surface area (Å²) in [5.41, 5.74) is 1.73. The Bertz CT molecular complexity index is 833. The topological polar surface area (TPSA) is 85.6 Å². The molecule has 1 unspecified atom stereocenters. The van der Waals surface area contributed by atoms with Gasteiger partial charge in [0.05, 0.1) is 24.0 Å². The molecular weight excluding hydrogens is 364 g/mol. The van der Waals surface area contributed by atoms with E-state index in [4.69, 9.17) is 4.74 Å². The van der Waals surface area contributed by atoms with Crippen molar-refractivity contribution in [3.63, 3.8) is 0 Å². The summed E-state index contributed by atoms with van der Waals surface area (Å²) in [6, 6.07) is 14.1. The van der Waals surface area contributed by atoms with Crippen molar-refractivity contribution in [2.75, 3.05) is 37.7 Å². The molecule has 0 bridgehead atoms. The highest BCUT2D eigenvalue weighted by molar-refractivity contribution is 5.80. The first kappa shape index (κ1) is 20.5. The summed E-state index contributed by atoms with van der Waals surface area (Å²) < 4.78 is 5.66. The predicted molar refractivity (Wildman–Crippen MR) is 115 cm³/mol. The van der Waals surface area contributed by atoms with E-state index in [1.165, 1.54) is 0 Å². The van der Waals surface area contributed by atoms with E-state index in [0.717, 1.165) is 55.4 Å². The molecule has 1 fully saturated rings. The van der Waals surface area contributed by atoms with Crippen LogP contribution < -0.4 is 20.3 Å². The molecule has 1 atom stereocenters. The molecule has 0 spiro atoms. The smallest absolute Gasteiger partial charge is 0.191 e. The monoisotopic (exact) mass is 392 g/mol. The Kier molecular flexibility index (Phi) is 7.70. The van der Waals surface area contributed by atoms with Gasteiger partial charge >= 0.3 is 0 Å². The molecule has 0 amide bonds. The van der Waals surface area contributed by atoms with Crippen LogP contribution in [0.3, 0.4) is 0 Å². The minimum atomic E-state index is 0.271. The number of nitrogens with one attached hydrogen (secondary N) is 2. The number of para-hydroxylation sites is 1. The van der Waals surface area contributed by atoms with Gasteiger partial charge in [0.1, 0.15) is 18.4 Å². The van der Waals surface area contributed by atoms with Gasteiger partial charge in [-0.05, 0) is 44.0 Å². The van der Waals surface area contributed by atoms with E-state index in [9.17, 15) is 5.26 Å². The average Bonchev–Trinajstić information content (AvgIpc) is 2.77. The van der Waals surface area contributed by atoms with E-state index >= 15 is 0 Å². The highest BCUT2D eigenvalue weighted by Gasteiger charge is 2.22. The lowest BCUT2D eigenvalue weighted by Gasteiger charge is -2.35. The lowest BCUT2D eigenvalue weighted by Crippen LogP contribution is -2.51. The molecule has 1 aliphatic rings. The van der Waals surface area contributed by atoms with Crippen molar-refractivity contribution in [3.05, 3.63) is 54.4 Å². The summed E-state index contributed by atoms with van der Waals surface area (Å²) in [7, 11) is 0. The molecule has 152 valence electrons. The second-order valence-corrected chi connectivity index (χ2v) is 6.86. The van der Waals surface area contributed by atoms with Gasteiger partial charge in [-0.1, -0.05) is 12.1 Å². The van der Waals surface area contributed by atoms with Crippen LogP contribution >= 0.6 is 0 Å². The summed E-state index contributed by atoms with van der Waals surface area (Å²) in [4.78, 5) is 11.0. The molecule has 0 saturated carbocycles. The molecule has 1 aromatic carbocycles. The van der Waals surface area contributed by atoms with Gasteiger partial charge in [0.25, 0.3) is 0 Å². The van der Waals surface area contributed by atoms with Crippen LogP contribution in [0.25, 0.3) is 0 Å². The van der Waals surface area contributed by atoms with Gasteiger partial charge in [0, 0.05) is 31.9 Å². The van der Waals surface area contributed by atoms with Gasteiger partial charge in [0.15, 0.2) is 5.96 Å². The Morgan fingerprint density at radius 1 is 1.34 bits per heavy atom. The highest BCUT2D eigenvalue weighted by atomic mass is 16.5. The number of hydrogen-bond donors (Lipinski definition) is 2. The Morgan fingerprint density at radius 3 is 3.03 bits per heavy atom. The molecule has 2 heterocycles. The number of guanidine groups is 1. The van der Waals surface area contributed by atoms with Gasteiger partial charge in [-0.15, -0.1) is 0 Å². The lowest BCUT2D eigenvalue weighted by atomic mass is 10.0. The number of pyridine rings is 1. The number of piperidine rings is 1. The van der Waals surface area contributed by atoms with Crippen LogP contribution in [0.4, 0.5) is 5.69 Å². The maximum Gasteiger partial charge on any atom is 0.191 e. The molecule has 29 heavy (non-hydrogen) atoms. The standard InChI is InChI=1S/C22H28N6O/c1-2-25-22(26-12-14-29-20-9-5-11-24-16-20)27-19-8-6-13-28(17-19)21-10-4-3-7-18(21)15-23/h3-5,7,9-11,16,19H,2,6,8,12-14,17H2,1H3,(H2,25,26,27). The number of benzene rings is 1. The number of rotatable bonds is 7. The van der Waals surface area contributed by atoms with Crippen molar-refractivity contribution in [1.29, 1.82) is 5.26 Å². The molecule has 2 aromatic rings. The quantitative estimate of drug-likeness (QED) is 0.428. The molecule has 1 aliphatic heterocycles. The molecule has 2 N–H and O–H groups in total. The fourth-order valence-corrected chi connectivity index (χ4v) is 3.42. The largest absolute Gasteiger partial charge is 0.490 e. The van der Waals surface area contributed by atoms with Crippen molar-refractivity contribution in [1.82, 2.24) is 15.6 Å². The van der Waals surface area contributed by atoms with Crippen LogP contribution in [0.2, 0.25) is 0 Å². The predicted octanol–water partition coefficient (Wildman–Crippen LogP) is 2.56. The SMILES string of the molecule is CCNC(=NCCOc1cccnc1)NC1CCCN(c2ccccc2C#N)C1. The first-order valence-electron chi connectivity index (χ1n) is 10.1. The van der Waals surface area contributed by atoms with Crippen LogP contribution in [0.15, 0.2) is 53.8 Å². The Hall–Kier alpha value is -3.27. The second kappa shape index (κ2) is 10.9. The molecule has 0 radical (unpaired) electrons. The number of aliphatic imine (C=N–C) groups is 1. The first-order valence-corrected chi connectivity index (χ1v) is 10.1. The third-order valence-electron chi connectivity index (χ3n) is 4.74. The number of nitrogens with zero attached hydrogens (tertiary/aromatic N) is 4. The van der Waals surface area contributed by atoms with Crippen molar-refractivity contribution >= 4 is 11.6 Å². The number of ether oxygens (including phenoxy) is 1. The number of aromatic nitrogens is 1. The lowest BCUT2D eigenvalue weighted by molar-refractivity contribution is 0.327. The van der Waals surface area contributed by atoms with Crippen LogP contribution in [0.1, 0.15) is 25.3 Å². The van der Waals surface area contributed by atoms with Crippen molar-refractivity contribution in [2.45, 2.75) is 25.8 Å². The van der Waals surface area contributed by atoms with Crippen LogP contribution in [0.5, 0.6) is 5.75 Å². The molecule has 0 aliphatic carbocycles. The molecular formula is C22H28N6O. The van der Waals surface area contributed by atoms with Crippen LogP contribution in [-0.4, -0.2) is 49.8 Å². The summed E-state index contributed by atoms with van der Waals surface area (Å²) >= 11 is 0. The van der Waals surface area contributed by atoms with Crippen LogP contribution in [0, 0.1) is 11.3 Å². The van der Waals surface area contributed by atoms with Crippen molar-refractivity contribution in [2.24, 2.45) is 4.99 Å². The maximum absolute atomic E-state index is 9.40. The molecule has 3 rings (SSSR count). The third-order valence-corrected chi connectivity index (χ3v) is 4.74. The summed E-state index contributed by atoms with van der Waals surface area (Å²) in [6.07, 6.45) is 5.56. The number of anilines is 1. The molecule has 1 aromatic heterocycles. The van der Waals surface area contributed by atoms with Gasteiger partial charge in [-0.25, -0.2) is 4.99 Å². The number of hydrogen-bond acceptors (Lipinski definition) is 5. The normalized spacial score (nSPS) is 16.8. The van der Waals surface area contributed by atoms with Gasteiger partial charge < -0.3 is 20.3 Å². The fourth-order valence-electron chi connectivity index (χ4n) is 3.42. The summed E-state index contributed by atoms with van der Waals surface area (Å²) in [5, 5.41) is 16.2. The summed E-state index contributed by atoms with van der Waals surface area (Å²) in [5.74, 6) is 1.54. The molecule has 7 nitrogen and oxygen atoms in total. The van der Waals surface area contributed by atoms with Crippen molar-refractivity contribution in [3.8, 4) is 11.8 Å². The van der Waals surface area contributed by atoms with E-state index in [1.807, 2.05) is 36.4 Å². The summed E-state index contributed by atoms with van der Waals surface area (Å²) in [6.45, 7) is 5.70. The first-order chi connectivity index (χ1) is 14.3. The maximum atomic E-state index is 9.40. The van der Waals surface area contributed by atoms with Gasteiger partial charge in [-0.2, -0.15) is 5.26 Å². The minimum absolute atomic E-state index is 0.271. The highest BCUT2D eigenvalue weighted by Crippen LogP contribution is 2.23. The Balaban J connectivity index is 1.55. The fraction of sp³-hybridized carbons (Fsp3) is 0.409.